The number of hydrogen-bond acceptors (Lipinski definition) is 6. The van der Waals surface area contributed by atoms with Crippen molar-refractivity contribution in [2.75, 3.05) is 26.7 Å². The third-order valence-electron chi connectivity index (χ3n) is 4.14. The van der Waals surface area contributed by atoms with Gasteiger partial charge >= 0.3 is 0 Å². The van der Waals surface area contributed by atoms with Crippen LogP contribution in [0.1, 0.15) is 17.2 Å². The van der Waals surface area contributed by atoms with Crippen molar-refractivity contribution in [2.45, 2.75) is 10.9 Å². The van der Waals surface area contributed by atoms with E-state index in [1.807, 2.05) is 12.1 Å². The lowest BCUT2D eigenvalue weighted by Gasteiger charge is -2.35. The highest BCUT2D eigenvalue weighted by molar-refractivity contribution is 7.89. The van der Waals surface area contributed by atoms with Crippen LogP contribution in [-0.4, -0.2) is 44.5 Å². The first-order chi connectivity index (χ1) is 12.1. The Morgan fingerprint density at radius 1 is 1.40 bits per heavy atom. The third kappa shape index (κ3) is 3.35. The second kappa shape index (κ2) is 7.19. The molecule has 1 saturated heterocycles. The van der Waals surface area contributed by atoms with Crippen molar-refractivity contribution < 1.29 is 13.2 Å². The number of pyridine rings is 1. The Hall–Kier alpha value is -2.47. The highest BCUT2D eigenvalue weighted by Gasteiger charge is 2.36. The van der Waals surface area contributed by atoms with Crippen molar-refractivity contribution in [2.24, 2.45) is 0 Å². The van der Waals surface area contributed by atoms with Gasteiger partial charge in [-0.2, -0.15) is 9.57 Å². The van der Waals surface area contributed by atoms with Crippen molar-refractivity contribution in [3.63, 3.8) is 0 Å². The summed E-state index contributed by atoms with van der Waals surface area (Å²) in [6.07, 6.45) is 3.33. The lowest BCUT2D eigenvalue weighted by Crippen LogP contribution is -2.48. The summed E-state index contributed by atoms with van der Waals surface area (Å²) in [4.78, 5) is 4.16. The molecule has 0 aliphatic carbocycles. The first kappa shape index (κ1) is 17.4. The second-order valence-corrected chi connectivity index (χ2v) is 7.46. The molecule has 0 amide bonds. The monoisotopic (exact) mass is 358 g/mol. The molecule has 7 nitrogen and oxygen atoms in total. The fourth-order valence-electron chi connectivity index (χ4n) is 2.91. The van der Waals surface area contributed by atoms with Gasteiger partial charge in [0.2, 0.25) is 10.0 Å². The molecular weight excluding hydrogens is 340 g/mol. The van der Waals surface area contributed by atoms with E-state index >= 15 is 0 Å². The molecule has 25 heavy (non-hydrogen) atoms. The summed E-state index contributed by atoms with van der Waals surface area (Å²) in [6, 6.07) is 9.63. The number of hydrogen-bond donors (Lipinski definition) is 1. The predicted octanol–water partition coefficient (Wildman–Crippen LogP) is 1.30. The van der Waals surface area contributed by atoms with Crippen LogP contribution < -0.4 is 10.1 Å². The Bertz CT molecular complexity index is 894. The van der Waals surface area contributed by atoms with Crippen molar-refractivity contribution in [1.29, 1.82) is 5.26 Å². The van der Waals surface area contributed by atoms with E-state index < -0.39 is 10.0 Å². The molecule has 1 aromatic carbocycles. The van der Waals surface area contributed by atoms with E-state index in [9.17, 15) is 8.42 Å². The normalized spacial score (nSPS) is 18.5. The van der Waals surface area contributed by atoms with Gasteiger partial charge in [-0.15, -0.1) is 0 Å². The minimum Gasteiger partial charge on any atom is -0.495 e. The molecule has 130 valence electrons. The van der Waals surface area contributed by atoms with Gasteiger partial charge in [-0.25, -0.2) is 8.42 Å². The lowest BCUT2D eigenvalue weighted by molar-refractivity contribution is 0.270. The van der Waals surface area contributed by atoms with Crippen LogP contribution in [-0.2, 0) is 10.0 Å². The maximum Gasteiger partial charge on any atom is 0.247 e. The number of piperazine rings is 1. The highest BCUT2D eigenvalue weighted by Crippen LogP contribution is 2.33. The lowest BCUT2D eigenvalue weighted by atomic mass is 10.1. The smallest absolute Gasteiger partial charge is 0.247 e. The number of nitriles is 1. The van der Waals surface area contributed by atoms with Gasteiger partial charge in [0.1, 0.15) is 10.6 Å². The predicted molar refractivity (Wildman–Crippen MR) is 91.4 cm³/mol. The maximum atomic E-state index is 13.3. The second-order valence-electron chi connectivity index (χ2n) is 5.60. The van der Waals surface area contributed by atoms with Crippen molar-refractivity contribution in [1.82, 2.24) is 14.6 Å². The van der Waals surface area contributed by atoms with Crippen LogP contribution in [0.3, 0.4) is 0 Å². The Kier molecular flexibility index (Phi) is 4.99. The number of rotatable bonds is 4. The zero-order valence-corrected chi connectivity index (χ0v) is 14.5. The number of nitrogens with one attached hydrogen (secondary N) is 1. The fraction of sp³-hybridized carbons (Fsp3) is 0.294. The third-order valence-corrected chi connectivity index (χ3v) is 6.09. The summed E-state index contributed by atoms with van der Waals surface area (Å²) in [7, 11) is -2.40. The van der Waals surface area contributed by atoms with Gasteiger partial charge in [-0.1, -0.05) is 6.07 Å². The van der Waals surface area contributed by atoms with E-state index in [0.29, 0.717) is 25.2 Å². The van der Waals surface area contributed by atoms with E-state index in [4.69, 9.17) is 10.00 Å². The summed E-state index contributed by atoms with van der Waals surface area (Å²) in [5, 5.41) is 12.2. The zero-order chi connectivity index (χ0) is 17.9. The standard InChI is InChI=1S/C17H18N4O3S/c1-24-16-9-13(10-18)4-5-17(16)25(22,23)21-8-7-20-12-15(21)14-3-2-6-19-11-14/h2-6,9,11,15,20H,7-8,12H2,1H3. The SMILES string of the molecule is COc1cc(C#N)ccc1S(=O)(=O)N1CCNCC1c1cccnc1. The maximum absolute atomic E-state index is 13.3. The summed E-state index contributed by atoms with van der Waals surface area (Å²) < 4.78 is 33.2. The number of methoxy groups -OCH3 is 1. The van der Waals surface area contributed by atoms with Crippen molar-refractivity contribution in [3.05, 3.63) is 53.9 Å². The minimum atomic E-state index is -3.80. The first-order valence-corrected chi connectivity index (χ1v) is 9.22. The quantitative estimate of drug-likeness (QED) is 0.885. The Morgan fingerprint density at radius 3 is 2.92 bits per heavy atom. The van der Waals surface area contributed by atoms with Crippen LogP contribution in [0.2, 0.25) is 0 Å². The summed E-state index contributed by atoms with van der Waals surface area (Å²) in [5.74, 6) is 0.169. The highest BCUT2D eigenvalue weighted by atomic mass is 32.2. The molecule has 0 saturated carbocycles. The molecule has 1 unspecified atom stereocenters. The minimum absolute atomic E-state index is 0.0600. The summed E-state index contributed by atoms with van der Waals surface area (Å²) in [6.45, 7) is 1.41. The average molecular weight is 358 g/mol. The van der Waals surface area contributed by atoms with E-state index in [0.717, 1.165) is 5.56 Å². The van der Waals surface area contributed by atoms with E-state index in [1.54, 1.807) is 18.5 Å². The Balaban J connectivity index is 2.05. The Labute approximate surface area is 146 Å². The number of nitrogens with zero attached hydrogens (tertiary/aromatic N) is 3. The number of benzene rings is 1. The van der Waals surface area contributed by atoms with Crippen molar-refractivity contribution in [3.8, 4) is 11.8 Å². The number of ether oxygens (including phenoxy) is 1. The topological polar surface area (TPSA) is 95.3 Å². The van der Waals surface area contributed by atoms with Gasteiger partial charge in [-0.3, -0.25) is 4.98 Å². The van der Waals surface area contributed by atoms with Crippen LogP contribution in [0.4, 0.5) is 0 Å². The number of aromatic nitrogens is 1. The van der Waals surface area contributed by atoms with E-state index in [2.05, 4.69) is 10.3 Å². The van der Waals surface area contributed by atoms with E-state index in [1.165, 1.54) is 29.6 Å². The molecule has 2 heterocycles. The fourth-order valence-corrected chi connectivity index (χ4v) is 4.66. The zero-order valence-electron chi connectivity index (χ0n) is 13.7. The molecule has 0 bridgehead atoms. The van der Waals surface area contributed by atoms with Gasteiger partial charge in [0, 0.05) is 32.0 Å². The molecule has 1 atom stereocenters. The summed E-state index contributed by atoms with van der Waals surface area (Å²) >= 11 is 0. The summed E-state index contributed by atoms with van der Waals surface area (Å²) in [5.41, 5.74) is 1.17. The van der Waals surface area contributed by atoms with Crippen LogP contribution in [0.25, 0.3) is 0 Å². The van der Waals surface area contributed by atoms with Crippen LogP contribution in [0.15, 0.2) is 47.6 Å². The van der Waals surface area contributed by atoms with Crippen LogP contribution in [0, 0.1) is 11.3 Å². The molecule has 1 aliphatic heterocycles. The molecular formula is C17H18N4O3S. The van der Waals surface area contributed by atoms with Gasteiger partial charge in [-0.05, 0) is 29.8 Å². The van der Waals surface area contributed by atoms with Gasteiger partial charge < -0.3 is 10.1 Å². The van der Waals surface area contributed by atoms with Gasteiger partial charge in [0.25, 0.3) is 0 Å². The molecule has 1 aliphatic rings. The molecule has 1 aromatic heterocycles. The van der Waals surface area contributed by atoms with Crippen molar-refractivity contribution >= 4 is 10.0 Å². The Morgan fingerprint density at radius 2 is 2.24 bits per heavy atom. The molecule has 3 rings (SSSR count). The van der Waals surface area contributed by atoms with Crippen LogP contribution >= 0.6 is 0 Å². The molecule has 0 spiro atoms. The molecule has 8 heteroatoms. The van der Waals surface area contributed by atoms with E-state index in [-0.39, 0.29) is 16.7 Å². The molecule has 2 aromatic rings. The van der Waals surface area contributed by atoms with Gasteiger partial charge in [0.05, 0.1) is 24.8 Å². The molecule has 0 radical (unpaired) electrons. The van der Waals surface area contributed by atoms with Gasteiger partial charge in [0.15, 0.2) is 0 Å². The first-order valence-electron chi connectivity index (χ1n) is 7.78. The average Bonchev–Trinajstić information content (AvgIpc) is 2.68. The number of sulfonamides is 1. The molecule has 1 N–H and O–H groups in total. The van der Waals surface area contributed by atoms with Crippen LogP contribution in [0.5, 0.6) is 5.75 Å². The molecule has 1 fully saturated rings. The largest absolute Gasteiger partial charge is 0.495 e.